The number of alkyl halides is 3. The zero-order chi connectivity index (χ0) is 18.6. The van der Waals surface area contributed by atoms with Gasteiger partial charge in [0, 0.05) is 17.7 Å². The molecule has 25 heavy (non-hydrogen) atoms. The molecule has 0 bridgehead atoms. The van der Waals surface area contributed by atoms with Crippen LogP contribution in [-0.2, 0) is 6.54 Å². The molecule has 2 aromatic rings. The van der Waals surface area contributed by atoms with Gasteiger partial charge in [-0.25, -0.2) is 0 Å². The number of carbonyl (C=O) groups excluding carboxylic acids is 1. The molecular weight excluding hydrogens is 337 g/mol. The van der Waals surface area contributed by atoms with Crippen molar-refractivity contribution in [3.8, 4) is 17.2 Å². The van der Waals surface area contributed by atoms with Crippen LogP contribution >= 0.6 is 0 Å². The minimum Gasteiger partial charge on any atom is -0.457 e. The summed E-state index contributed by atoms with van der Waals surface area (Å²) in [6, 6.07) is 9.79. The van der Waals surface area contributed by atoms with Crippen molar-refractivity contribution in [2.24, 2.45) is 5.73 Å². The molecule has 0 aliphatic heterocycles. The van der Waals surface area contributed by atoms with Gasteiger partial charge < -0.3 is 20.1 Å². The van der Waals surface area contributed by atoms with E-state index in [-0.39, 0.29) is 11.3 Å². The molecule has 0 atom stereocenters. The Labute approximate surface area is 142 Å². The van der Waals surface area contributed by atoms with E-state index in [1.165, 1.54) is 18.2 Å². The first-order valence-corrected chi connectivity index (χ1v) is 7.25. The normalized spacial score (nSPS) is 11.4. The Bertz CT molecular complexity index is 744. The fourth-order valence-corrected chi connectivity index (χ4v) is 2.11. The van der Waals surface area contributed by atoms with Crippen molar-refractivity contribution < 1.29 is 27.4 Å². The van der Waals surface area contributed by atoms with Crippen LogP contribution in [-0.4, -0.2) is 31.3 Å². The van der Waals surface area contributed by atoms with Crippen LogP contribution in [0.15, 0.2) is 42.5 Å². The van der Waals surface area contributed by atoms with E-state index in [1.807, 2.05) is 19.0 Å². The van der Waals surface area contributed by atoms with Crippen molar-refractivity contribution in [3.05, 3.63) is 53.6 Å². The zero-order valence-electron chi connectivity index (χ0n) is 13.6. The number of ether oxygens (including phenoxy) is 2. The molecule has 0 saturated heterocycles. The van der Waals surface area contributed by atoms with Crippen LogP contribution in [0.2, 0.25) is 0 Å². The Balaban J connectivity index is 2.25. The second-order valence-electron chi connectivity index (χ2n) is 5.55. The SMILES string of the molecule is CN(C)Cc1ccc(C(N)=O)cc1Oc1ccc(OC(F)(F)F)cc1. The van der Waals surface area contributed by atoms with E-state index in [4.69, 9.17) is 10.5 Å². The Hall–Kier alpha value is -2.74. The number of benzene rings is 2. The number of halogens is 3. The number of rotatable bonds is 6. The number of nitrogens with zero attached hydrogens (tertiary/aromatic N) is 1. The van der Waals surface area contributed by atoms with Gasteiger partial charge in [-0.1, -0.05) is 6.07 Å². The predicted octanol–water partition coefficient (Wildman–Crippen LogP) is 3.54. The summed E-state index contributed by atoms with van der Waals surface area (Å²) in [4.78, 5) is 13.3. The van der Waals surface area contributed by atoms with E-state index < -0.39 is 12.3 Å². The highest BCUT2D eigenvalue weighted by atomic mass is 19.4. The average molecular weight is 354 g/mol. The molecule has 2 rings (SSSR count). The summed E-state index contributed by atoms with van der Waals surface area (Å²) in [7, 11) is 3.74. The van der Waals surface area contributed by atoms with Gasteiger partial charge >= 0.3 is 6.36 Å². The third-order valence-electron chi connectivity index (χ3n) is 3.12. The highest BCUT2D eigenvalue weighted by Gasteiger charge is 2.31. The smallest absolute Gasteiger partial charge is 0.457 e. The van der Waals surface area contributed by atoms with Gasteiger partial charge in [-0.3, -0.25) is 4.79 Å². The van der Waals surface area contributed by atoms with Crippen LogP contribution in [0, 0.1) is 0 Å². The van der Waals surface area contributed by atoms with E-state index in [0.29, 0.717) is 18.0 Å². The molecule has 0 aliphatic rings. The van der Waals surface area contributed by atoms with Crippen molar-refractivity contribution in [2.75, 3.05) is 14.1 Å². The molecule has 0 heterocycles. The van der Waals surface area contributed by atoms with Gasteiger partial charge in [0.25, 0.3) is 0 Å². The fraction of sp³-hybridized carbons (Fsp3) is 0.235. The maximum absolute atomic E-state index is 12.2. The molecule has 8 heteroatoms. The standard InChI is InChI=1S/C17H17F3N2O3/c1-22(2)10-12-4-3-11(16(21)23)9-15(12)24-13-5-7-14(8-6-13)25-17(18,19)20/h3-9H,10H2,1-2H3,(H2,21,23). The highest BCUT2D eigenvalue weighted by molar-refractivity contribution is 5.93. The predicted molar refractivity (Wildman–Crippen MR) is 85.5 cm³/mol. The van der Waals surface area contributed by atoms with E-state index in [2.05, 4.69) is 4.74 Å². The maximum atomic E-state index is 12.2. The largest absolute Gasteiger partial charge is 0.573 e. The van der Waals surface area contributed by atoms with E-state index >= 15 is 0 Å². The lowest BCUT2D eigenvalue weighted by atomic mass is 10.1. The fourth-order valence-electron chi connectivity index (χ4n) is 2.11. The minimum atomic E-state index is -4.75. The number of hydrogen-bond donors (Lipinski definition) is 1. The molecular formula is C17H17F3N2O3. The summed E-state index contributed by atoms with van der Waals surface area (Å²) in [6.07, 6.45) is -4.75. The third-order valence-corrected chi connectivity index (χ3v) is 3.12. The van der Waals surface area contributed by atoms with Crippen molar-refractivity contribution >= 4 is 5.91 Å². The summed E-state index contributed by atoms with van der Waals surface area (Å²) in [5.41, 5.74) is 6.35. The maximum Gasteiger partial charge on any atom is 0.573 e. The van der Waals surface area contributed by atoms with Crippen molar-refractivity contribution in [3.63, 3.8) is 0 Å². The number of nitrogens with two attached hydrogens (primary N) is 1. The molecule has 0 aromatic heterocycles. The molecule has 2 N–H and O–H groups in total. The molecule has 2 aromatic carbocycles. The summed E-state index contributed by atoms with van der Waals surface area (Å²) in [5.74, 6) is -0.250. The topological polar surface area (TPSA) is 64.8 Å². The van der Waals surface area contributed by atoms with Crippen LogP contribution in [0.4, 0.5) is 13.2 Å². The average Bonchev–Trinajstić information content (AvgIpc) is 2.48. The number of primary amides is 1. The number of amides is 1. The van der Waals surface area contributed by atoms with Gasteiger partial charge in [-0.05, 0) is 50.5 Å². The number of hydrogen-bond acceptors (Lipinski definition) is 4. The molecule has 0 spiro atoms. The Morgan fingerprint density at radius 2 is 1.68 bits per heavy atom. The first-order valence-electron chi connectivity index (χ1n) is 7.25. The van der Waals surface area contributed by atoms with Gasteiger partial charge in [0.05, 0.1) is 0 Å². The molecule has 0 unspecified atom stereocenters. The summed E-state index contributed by atoms with van der Waals surface area (Å²) < 4.78 is 46.1. The second-order valence-corrected chi connectivity index (χ2v) is 5.55. The minimum absolute atomic E-state index is 0.273. The van der Waals surface area contributed by atoms with Gasteiger partial charge in [0.1, 0.15) is 17.2 Å². The van der Waals surface area contributed by atoms with Crippen molar-refractivity contribution in [2.45, 2.75) is 12.9 Å². The molecule has 1 amide bonds. The van der Waals surface area contributed by atoms with Crippen LogP contribution in [0.1, 0.15) is 15.9 Å². The molecule has 0 aliphatic carbocycles. The summed E-state index contributed by atoms with van der Waals surface area (Å²) >= 11 is 0. The monoisotopic (exact) mass is 354 g/mol. The summed E-state index contributed by atoms with van der Waals surface area (Å²) in [5, 5.41) is 0. The Kier molecular flexibility index (Phi) is 5.53. The molecule has 0 saturated carbocycles. The van der Waals surface area contributed by atoms with Crippen LogP contribution in [0.3, 0.4) is 0 Å². The van der Waals surface area contributed by atoms with Gasteiger partial charge in [0.15, 0.2) is 0 Å². The lowest BCUT2D eigenvalue weighted by molar-refractivity contribution is -0.274. The molecule has 0 fully saturated rings. The van der Waals surface area contributed by atoms with Crippen LogP contribution in [0.5, 0.6) is 17.2 Å². The van der Waals surface area contributed by atoms with Gasteiger partial charge in [-0.2, -0.15) is 0 Å². The second kappa shape index (κ2) is 7.43. The van der Waals surface area contributed by atoms with E-state index in [9.17, 15) is 18.0 Å². The van der Waals surface area contributed by atoms with Crippen LogP contribution < -0.4 is 15.2 Å². The lowest BCUT2D eigenvalue weighted by Crippen LogP contribution is -2.16. The quantitative estimate of drug-likeness (QED) is 0.862. The van der Waals surface area contributed by atoms with Crippen LogP contribution in [0.25, 0.3) is 0 Å². The lowest BCUT2D eigenvalue weighted by Gasteiger charge is -2.16. The van der Waals surface area contributed by atoms with Crippen molar-refractivity contribution in [1.82, 2.24) is 4.90 Å². The first-order chi connectivity index (χ1) is 11.6. The van der Waals surface area contributed by atoms with Crippen molar-refractivity contribution in [1.29, 1.82) is 0 Å². The molecule has 5 nitrogen and oxygen atoms in total. The first kappa shape index (κ1) is 18.6. The third kappa shape index (κ3) is 5.68. The van der Waals surface area contributed by atoms with E-state index in [0.717, 1.165) is 17.7 Å². The molecule has 0 radical (unpaired) electrons. The molecule has 134 valence electrons. The Morgan fingerprint density at radius 3 is 2.20 bits per heavy atom. The number of carbonyl (C=O) groups is 1. The zero-order valence-corrected chi connectivity index (χ0v) is 13.6. The highest BCUT2D eigenvalue weighted by Crippen LogP contribution is 2.30. The van der Waals surface area contributed by atoms with Gasteiger partial charge in [0.2, 0.25) is 5.91 Å². The Morgan fingerprint density at radius 1 is 1.08 bits per heavy atom. The van der Waals surface area contributed by atoms with Gasteiger partial charge in [-0.15, -0.1) is 13.2 Å². The summed E-state index contributed by atoms with van der Waals surface area (Å²) in [6.45, 7) is 0.545. The van der Waals surface area contributed by atoms with E-state index in [1.54, 1.807) is 12.1 Å².